The fourth-order valence-corrected chi connectivity index (χ4v) is 2.28. The van der Waals surface area contributed by atoms with E-state index < -0.39 is 0 Å². The van der Waals surface area contributed by atoms with Crippen molar-refractivity contribution in [2.24, 2.45) is 0 Å². The first kappa shape index (κ1) is 13.9. The summed E-state index contributed by atoms with van der Waals surface area (Å²) in [6.07, 6.45) is 0.825. The maximum atomic E-state index is 9.01. The minimum Gasteiger partial charge on any atom is -0.396 e. The van der Waals surface area contributed by atoms with Gasteiger partial charge in [-0.05, 0) is 26.8 Å². The first-order valence-corrected chi connectivity index (χ1v) is 6.28. The quantitative estimate of drug-likeness (QED) is 0.696. The summed E-state index contributed by atoms with van der Waals surface area (Å²) in [5.41, 5.74) is -0.0335. The van der Waals surface area contributed by atoms with Crippen LogP contribution in [0.15, 0.2) is 0 Å². The number of hydrogen-bond acceptors (Lipinski definition) is 4. The van der Waals surface area contributed by atoms with Crippen LogP contribution in [0, 0.1) is 0 Å². The van der Waals surface area contributed by atoms with Gasteiger partial charge in [0.15, 0.2) is 0 Å². The van der Waals surface area contributed by atoms with E-state index >= 15 is 0 Å². The highest BCUT2D eigenvalue weighted by molar-refractivity contribution is 4.82. The van der Waals surface area contributed by atoms with Crippen molar-refractivity contribution in [2.45, 2.75) is 38.8 Å². The van der Waals surface area contributed by atoms with Crippen molar-refractivity contribution in [1.82, 2.24) is 10.2 Å². The van der Waals surface area contributed by atoms with Gasteiger partial charge in [-0.3, -0.25) is 4.90 Å². The highest BCUT2D eigenvalue weighted by Gasteiger charge is 2.28. The first-order valence-electron chi connectivity index (χ1n) is 6.28. The van der Waals surface area contributed by atoms with Crippen molar-refractivity contribution >= 4 is 0 Å². The standard InChI is InChI=1S/C12H26N2O2/c1-4-13-11(5-7-15)9-14-6-8-16-12(2,3)10-14/h11,13,15H,4-10H2,1-3H3. The van der Waals surface area contributed by atoms with Crippen LogP contribution in [0.25, 0.3) is 0 Å². The first-order chi connectivity index (χ1) is 7.57. The predicted molar refractivity (Wildman–Crippen MR) is 65.6 cm³/mol. The van der Waals surface area contributed by atoms with Gasteiger partial charge >= 0.3 is 0 Å². The number of rotatable bonds is 6. The van der Waals surface area contributed by atoms with E-state index in [1.807, 2.05) is 0 Å². The molecule has 2 N–H and O–H groups in total. The Hall–Kier alpha value is -0.160. The topological polar surface area (TPSA) is 44.7 Å². The van der Waals surface area contributed by atoms with E-state index in [9.17, 15) is 0 Å². The highest BCUT2D eigenvalue weighted by Crippen LogP contribution is 2.16. The van der Waals surface area contributed by atoms with Gasteiger partial charge in [0.2, 0.25) is 0 Å². The molecule has 16 heavy (non-hydrogen) atoms. The summed E-state index contributed by atoms with van der Waals surface area (Å²) in [5.74, 6) is 0. The Kier molecular flexibility index (Phi) is 5.69. The van der Waals surface area contributed by atoms with Crippen LogP contribution in [-0.2, 0) is 4.74 Å². The average Bonchev–Trinajstić information content (AvgIpc) is 2.16. The van der Waals surface area contributed by atoms with Gasteiger partial charge < -0.3 is 15.2 Å². The number of hydrogen-bond donors (Lipinski definition) is 2. The Morgan fingerprint density at radius 3 is 2.81 bits per heavy atom. The largest absolute Gasteiger partial charge is 0.396 e. The van der Waals surface area contributed by atoms with E-state index in [4.69, 9.17) is 9.84 Å². The SMILES string of the molecule is CCNC(CCO)CN1CCOC(C)(C)C1. The van der Waals surface area contributed by atoms with Crippen LogP contribution >= 0.6 is 0 Å². The second-order valence-corrected chi connectivity index (χ2v) is 5.11. The molecule has 1 saturated heterocycles. The van der Waals surface area contributed by atoms with Gasteiger partial charge in [-0.15, -0.1) is 0 Å². The Morgan fingerprint density at radius 2 is 2.25 bits per heavy atom. The molecule has 0 saturated carbocycles. The molecule has 0 radical (unpaired) electrons. The normalized spacial score (nSPS) is 23.2. The van der Waals surface area contributed by atoms with Crippen LogP contribution in [0.1, 0.15) is 27.2 Å². The maximum absolute atomic E-state index is 9.01. The Labute approximate surface area is 99.0 Å². The number of likely N-dealkylation sites (N-methyl/N-ethyl adjacent to an activating group) is 1. The summed E-state index contributed by atoms with van der Waals surface area (Å²) < 4.78 is 5.69. The van der Waals surface area contributed by atoms with Gasteiger partial charge in [-0.2, -0.15) is 0 Å². The lowest BCUT2D eigenvalue weighted by Gasteiger charge is -2.39. The van der Waals surface area contributed by atoms with Crippen molar-refractivity contribution in [3.8, 4) is 0 Å². The Balaban J connectivity index is 2.38. The van der Waals surface area contributed by atoms with Crippen LogP contribution < -0.4 is 5.32 Å². The Morgan fingerprint density at radius 1 is 1.50 bits per heavy atom. The minimum atomic E-state index is -0.0335. The van der Waals surface area contributed by atoms with E-state index in [0.29, 0.717) is 6.04 Å². The van der Waals surface area contributed by atoms with Gasteiger partial charge in [-0.1, -0.05) is 6.92 Å². The van der Waals surface area contributed by atoms with Crippen LogP contribution in [0.3, 0.4) is 0 Å². The van der Waals surface area contributed by atoms with Crippen LogP contribution in [0.2, 0.25) is 0 Å². The summed E-state index contributed by atoms with van der Waals surface area (Å²) in [7, 11) is 0. The lowest BCUT2D eigenvalue weighted by molar-refractivity contribution is -0.0878. The molecular formula is C12H26N2O2. The Bertz CT molecular complexity index is 191. The number of aliphatic hydroxyl groups is 1. The van der Waals surface area contributed by atoms with Crippen molar-refractivity contribution in [1.29, 1.82) is 0 Å². The number of nitrogens with one attached hydrogen (secondary N) is 1. The summed E-state index contributed by atoms with van der Waals surface area (Å²) in [4.78, 5) is 2.42. The average molecular weight is 230 g/mol. The monoisotopic (exact) mass is 230 g/mol. The number of aliphatic hydroxyl groups excluding tert-OH is 1. The lowest BCUT2D eigenvalue weighted by Crippen LogP contribution is -2.52. The maximum Gasteiger partial charge on any atom is 0.0753 e. The minimum absolute atomic E-state index is 0.0335. The molecule has 0 bridgehead atoms. The van der Waals surface area contributed by atoms with Crippen molar-refractivity contribution < 1.29 is 9.84 Å². The van der Waals surface area contributed by atoms with E-state index in [-0.39, 0.29) is 12.2 Å². The van der Waals surface area contributed by atoms with Crippen LogP contribution in [0.4, 0.5) is 0 Å². The molecule has 1 aliphatic rings. The lowest BCUT2D eigenvalue weighted by atomic mass is 10.1. The molecule has 1 atom stereocenters. The molecule has 0 spiro atoms. The zero-order chi connectivity index (χ0) is 12.0. The summed E-state index contributed by atoms with van der Waals surface area (Å²) in [5, 5.41) is 12.4. The number of morpholine rings is 1. The highest BCUT2D eigenvalue weighted by atomic mass is 16.5. The van der Waals surface area contributed by atoms with Crippen LogP contribution in [-0.4, -0.2) is 61.0 Å². The van der Waals surface area contributed by atoms with Gasteiger partial charge in [0.1, 0.15) is 0 Å². The third-order valence-electron chi connectivity index (χ3n) is 2.95. The molecule has 1 fully saturated rings. The van der Waals surface area contributed by atoms with E-state index in [0.717, 1.165) is 39.2 Å². The molecule has 1 heterocycles. The predicted octanol–water partition coefficient (Wildman–Crippen LogP) is 0.458. The molecule has 96 valence electrons. The van der Waals surface area contributed by atoms with Gasteiger partial charge in [0, 0.05) is 32.3 Å². The van der Waals surface area contributed by atoms with E-state index in [1.165, 1.54) is 0 Å². The molecule has 0 aromatic carbocycles. The third-order valence-corrected chi connectivity index (χ3v) is 2.95. The number of nitrogens with zero attached hydrogens (tertiary/aromatic N) is 1. The van der Waals surface area contributed by atoms with Crippen molar-refractivity contribution in [3.05, 3.63) is 0 Å². The van der Waals surface area contributed by atoms with Crippen LogP contribution in [0.5, 0.6) is 0 Å². The van der Waals surface area contributed by atoms with Gasteiger partial charge in [-0.25, -0.2) is 0 Å². The summed E-state index contributed by atoms with van der Waals surface area (Å²) in [6.45, 7) is 11.4. The van der Waals surface area contributed by atoms with E-state index in [1.54, 1.807) is 0 Å². The second kappa shape index (κ2) is 6.55. The molecular weight excluding hydrogens is 204 g/mol. The van der Waals surface area contributed by atoms with Crippen molar-refractivity contribution in [2.75, 3.05) is 39.4 Å². The van der Waals surface area contributed by atoms with Crippen molar-refractivity contribution in [3.63, 3.8) is 0 Å². The smallest absolute Gasteiger partial charge is 0.0753 e. The molecule has 0 amide bonds. The molecule has 1 unspecified atom stereocenters. The number of ether oxygens (including phenoxy) is 1. The molecule has 1 rings (SSSR count). The van der Waals surface area contributed by atoms with E-state index in [2.05, 4.69) is 31.0 Å². The molecule has 4 nitrogen and oxygen atoms in total. The fraction of sp³-hybridized carbons (Fsp3) is 1.00. The third kappa shape index (κ3) is 4.78. The molecule has 0 aliphatic carbocycles. The zero-order valence-electron chi connectivity index (χ0n) is 10.8. The summed E-state index contributed by atoms with van der Waals surface area (Å²) >= 11 is 0. The second-order valence-electron chi connectivity index (χ2n) is 5.11. The van der Waals surface area contributed by atoms with Gasteiger partial charge in [0.25, 0.3) is 0 Å². The molecule has 0 aromatic heterocycles. The fourth-order valence-electron chi connectivity index (χ4n) is 2.28. The molecule has 0 aromatic rings. The molecule has 4 heteroatoms. The summed E-state index contributed by atoms with van der Waals surface area (Å²) in [6, 6.07) is 0.392. The zero-order valence-corrected chi connectivity index (χ0v) is 10.8. The molecule has 1 aliphatic heterocycles. The van der Waals surface area contributed by atoms with Gasteiger partial charge in [0.05, 0.1) is 12.2 Å².